The first kappa shape index (κ1) is 10.8. The second-order valence-electron chi connectivity index (χ2n) is 3.69. The van der Waals surface area contributed by atoms with Crippen LogP contribution < -0.4 is 0 Å². The summed E-state index contributed by atoms with van der Waals surface area (Å²) in [5.41, 5.74) is 2.71. The maximum Gasteiger partial charge on any atom is 0.275 e. The van der Waals surface area contributed by atoms with E-state index in [9.17, 15) is 10.1 Å². The molecule has 0 bridgehead atoms. The molecule has 0 unspecified atom stereocenters. The molecule has 3 nitrogen and oxygen atoms in total. The molecule has 1 aromatic carbocycles. The molecule has 1 aromatic heterocycles. The molecule has 0 N–H and O–H groups in total. The summed E-state index contributed by atoms with van der Waals surface area (Å²) in [5, 5.41) is 12.8. The minimum Gasteiger partial charge on any atom is -0.258 e. The molecule has 0 saturated heterocycles. The van der Waals surface area contributed by atoms with Gasteiger partial charge in [-0.1, -0.05) is 6.07 Å². The highest BCUT2D eigenvalue weighted by Crippen LogP contribution is 2.31. The molecular weight excluding hydrogens is 222 g/mol. The maximum atomic E-state index is 10.8. The van der Waals surface area contributed by atoms with Gasteiger partial charge in [-0.2, -0.15) is 0 Å². The lowest BCUT2D eigenvalue weighted by Crippen LogP contribution is -1.95. The van der Waals surface area contributed by atoms with Crippen molar-refractivity contribution in [3.8, 4) is 10.4 Å². The van der Waals surface area contributed by atoms with E-state index in [1.165, 1.54) is 0 Å². The molecule has 1 heterocycles. The van der Waals surface area contributed by atoms with Gasteiger partial charge in [-0.3, -0.25) is 10.1 Å². The zero-order valence-electron chi connectivity index (χ0n) is 9.06. The summed E-state index contributed by atoms with van der Waals surface area (Å²) in [6.07, 6.45) is 0. The maximum absolute atomic E-state index is 10.8. The van der Waals surface area contributed by atoms with E-state index in [0.29, 0.717) is 11.1 Å². The number of hydrogen-bond donors (Lipinski definition) is 0. The van der Waals surface area contributed by atoms with Crippen molar-refractivity contribution in [2.45, 2.75) is 13.8 Å². The Bertz CT molecular complexity index is 509. The Hall–Kier alpha value is -1.68. The summed E-state index contributed by atoms with van der Waals surface area (Å²) >= 11 is 1.64. The van der Waals surface area contributed by atoms with Crippen molar-refractivity contribution < 1.29 is 4.92 Å². The fourth-order valence-corrected chi connectivity index (χ4v) is 2.54. The van der Waals surface area contributed by atoms with Gasteiger partial charge in [-0.05, 0) is 43.0 Å². The van der Waals surface area contributed by atoms with Gasteiger partial charge < -0.3 is 0 Å². The van der Waals surface area contributed by atoms with Crippen molar-refractivity contribution >= 4 is 17.0 Å². The third-order valence-electron chi connectivity index (χ3n) is 2.48. The van der Waals surface area contributed by atoms with Crippen LogP contribution in [0.5, 0.6) is 0 Å². The number of nitrogens with zero attached hydrogens (tertiary/aromatic N) is 1. The van der Waals surface area contributed by atoms with Crippen molar-refractivity contribution in [3.63, 3.8) is 0 Å². The van der Waals surface area contributed by atoms with Crippen LogP contribution in [-0.4, -0.2) is 4.92 Å². The number of thiophene rings is 1. The lowest BCUT2D eigenvalue weighted by Gasteiger charge is -2.04. The second kappa shape index (κ2) is 4.06. The van der Waals surface area contributed by atoms with Gasteiger partial charge in [0.15, 0.2) is 0 Å². The Balaban J connectivity index is 2.58. The Morgan fingerprint density at radius 3 is 2.31 bits per heavy atom. The molecule has 0 fully saturated rings. The normalized spacial score (nSPS) is 10.4. The fourth-order valence-electron chi connectivity index (χ4n) is 1.83. The van der Waals surface area contributed by atoms with Crippen LogP contribution in [0.3, 0.4) is 0 Å². The van der Waals surface area contributed by atoms with Gasteiger partial charge in [0.1, 0.15) is 0 Å². The molecule has 16 heavy (non-hydrogen) atoms. The van der Waals surface area contributed by atoms with Crippen LogP contribution in [0, 0.1) is 24.0 Å². The fraction of sp³-hybridized carbons (Fsp3) is 0.167. The summed E-state index contributed by atoms with van der Waals surface area (Å²) in [6.45, 7) is 3.56. The number of nitro benzene ring substituents is 1. The minimum absolute atomic E-state index is 0.223. The predicted molar refractivity (Wildman–Crippen MR) is 65.9 cm³/mol. The number of rotatable bonds is 2. The Morgan fingerprint density at radius 2 is 1.88 bits per heavy atom. The van der Waals surface area contributed by atoms with Crippen LogP contribution in [0.15, 0.2) is 29.6 Å². The van der Waals surface area contributed by atoms with Crippen LogP contribution in [0.25, 0.3) is 10.4 Å². The SMILES string of the molecule is Cc1cc(-c2cccs2)cc(C)c1[N+](=O)[O-]. The van der Waals surface area contributed by atoms with Gasteiger partial charge in [-0.25, -0.2) is 0 Å². The first-order valence-corrected chi connectivity index (χ1v) is 5.77. The molecule has 0 atom stereocenters. The number of nitro groups is 1. The summed E-state index contributed by atoms with van der Waals surface area (Å²) in [5.74, 6) is 0. The largest absolute Gasteiger partial charge is 0.275 e. The molecule has 2 aromatic rings. The lowest BCUT2D eigenvalue weighted by atomic mass is 10.0. The van der Waals surface area contributed by atoms with E-state index >= 15 is 0 Å². The average molecular weight is 233 g/mol. The van der Waals surface area contributed by atoms with E-state index in [0.717, 1.165) is 10.4 Å². The summed E-state index contributed by atoms with van der Waals surface area (Å²) in [7, 11) is 0. The third kappa shape index (κ3) is 1.84. The molecule has 0 aliphatic carbocycles. The smallest absolute Gasteiger partial charge is 0.258 e. The molecule has 0 amide bonds. The van der Waals surface area contributed by atoms with Gasteiger partial charge in [0.25, 0.3) is 5.69 Å². The topological polar surface area (TPSA) is 43.1 Å². The minimum atomic E-state index is -0.317. The monoisotopic (exact) mass is 233 g/mol. The highest BCUT2D eigenvalue weighted by Gasteiger charge is 2.15. The van der Waals surface area contributed by atoms with Gasteiger partial charge in [0, 0.05) is 16.0 Å². The Labute approximate surface area is 97.5 Å². The molecular formula is C12H11NO2S. The molecule has 0 spiro atoms. The Kier molecular flexibility index (Phi) is 2.75. The second-order valence-corrected chi connectivity index (χ2v) is 4.64. The van der Waals surface area contributed by atoms with E-state index in [1.807, 2.05) is 29.6 Å². The molecule has 2 rings (SSSR count). The quantitative estimate of drug-likeness (QED) is 0.582. The van der Waals surface area contributed by atoms with E-state index in [4.69, 9.17) is 0 Å². The molecule has 0 saturated carbocycles. The van der Waals surface area contributed by atoms with Crippen molar-refractivity contribution in [2.24, 2.45) is 0 Å². The van der Waals surface area contributed by atoms with E-state index in [1.54, 1.807) is 25.2 Å². The van der Waals surface area contributed by atoms with Crippen molar-refractivity contribution in [1.29, 1.82) is 0 Å². The molecule has 82 valence electrons. The van der Waals surface area contributed by atoms with Gasteiger partial charge >= 0.3 is 0 Å². The van der Waals surface area contributed by atoms with Gasteiger partial charge in [-0.15, -0.1) is 11.3 Å². The van der Waals surface area contributed by atoms with E-state index < -0.39 is 0 Å². The molecule has 0 aliphatic rings. The van der Waals surface area contributed by atoms with Crippen molar-refractivity contribution in [3.05, 3.63) is 50.9 Å². The Morgan fingerprint density at radius 1 is 1.25 bits per heavy atom. The first-order valence-electron chi connectivity index (χ1n) is 4.89. The first-order chi connectivity index (χ1) is 7.59. The van der Waals surface area contributed by atoms with Crippen molar-refractivity contribution in [2.75, 3.05) is 0 Å². The summed E-state index contributed by atoms with van der Waals surface area (Å²) in [6, 6.07) is 7.74. The lowest BCUT2D eigenvalue weighted by molar-refractivity contribution is -0.386. The van der Waals surface area contributed by atoms with Crippen LogP contribution in [0.4, 0.5) is 5.69 Å². The highest BCUT2D eigenvalue weighted by atomic mass is 32.1. The third-order valence-corrected chi connectivity index (χ3v) is 3.40. The zero-order chi connectivity index (χ0) is 11.7. The number of hydrogen-bond acceptors (Lipinski definition) is 3. The van der Waals surface area contributed by atoms with Crippen molar-refractivity contribution in [1.82, 2.24) is 0 Å². The average Bonchev–Trinajstić information content (AvgIpc) is 2.67. The molecule has 0 aliphatic heterocycles. The summed E-state index contributed by atoms with van der Waals surface area (Å²) in [4.78, 5) is 11.7. The summed E-state index contributed by atoms with van der Waals surface area (Å²) < 4.78 is 0. The number of aryl methyl sites for hydroxylation is 2. The van der Waals surface area contributed by atoms with Crippen LogP contribution in [0.2, 0.25) is 0 Å². The van der Waals surface area contributed by atoms with Gasteiger partial charge in [0.2, 0.25) is 0 Å². The highest BCUT2D eigenvalue weighted by molar-refractivity contribution is 7.13. The van der Waals surface area contributed by atoms with Crippen LogP contribution in [-0.2, 0) is 0 Å². The predicted octanol–water partition coefficient (Wildman–Crippen LogP) is 3.94. The van der Waals surface area contributed by atoms with E-state index in [-0.39, 0.29) is 10.6 Å². The standard InChI is InChI=1S/C12H11NO2S/c1-8-6-10(11-4-3-5-16-11)7-9(2)12(8)13(14)15/h3-7H,1-2H3. The van der Waals surface area contributed by atoms with Gasteiger partial charge in [0.05, 0.1) is 4.92 Å². The molecule has 4 heteroatoms. The number of benzene rings is 1. The zero-order valence-corrected chi connectivity index (χ0v) is 9.88. The van der Waals surface area contributed by atoms with Crippen LogP contribution >= 0.6 is 11.3 Å². The van der Waals surface area contributed by atoms with Crippen LogP contribution in [0.1, 0.15) is 11.1 Å². The van der Waals surface area contributed by atoms with E-state index in [2.05, 4.69) is 0 Å². The molecule has 0 radical (unpaired) electrons.